The highest BCUT2D eigenvalue weighted by Gasteiger charge is 2.50. The highest BCUT2D eigenvalue weighted by Crippen LogP contribution is 2.59. The number of imidazole rings is 1. The minimum atomic E-state index is -0.300. The van der Waals surface area contributed by atoms with Gasteiger partial charge in [-0.1, -0.05) is 25.5 Å². The zero-order valence-corrected chi connectivity index (χ0v) is 22.4. The smallest absolute Gasteiger partial charge is 0.311 e. The van der Waals surface area contributed by atoms with Crippen LogP contribution < -0.4 is 14.8 Å². The van der Waals surface area contributed by atoms with Gasteiger partial charge in [-0.25, -0.2) is 4.98 Å². The molecule has 0 unspecified atom stereocenters. The molecule has 1 N–H and O–H groups in total. The van der Waals surface area contributed by atoms with Gasteiger partial charge in [0.2, 0.25) is 0 Å². The Hall–Kier alpha value is -3.35. The van der Waals surface area contributed by atoms with E-state index in [0.29, 0.717) is 40.5 Å². The number of esters is 1. The number of carbonyl (C=O) groups is 2. The zero-order valence-electron chi connectivity index (χ0n) is 22.4. The van der Waals surface area contributed by atoms with Crippen LogP contribution in [0.4, 0.5) is 0 Å². The van der Waals surface area contributed by atoms with Crippen LogP contribution in [0, 0.1) is 23.2 Å². The summed E-state index contributed by atoms with van der Waals surface area (Å²) < 4.78 is 13.1. The molecule has 4 fully saturated rings. The second-order valence-corrected chi connectivity index (χ2v) is 11.8. The number of amides is 1. The lowest BCUT2D eigenvalue weighted by Crippen LogP contribution is -2.51. The van der Waals surface area contributed by atoms with Gasteiger partial charge in [-0.05, 0) is 92.4 Å². The second kappa shape index (κ2) is 10.1. The zero-order chi connectivity index (χ0) is 26.3. The van der Waals surface area contributed by atoms with Crippen LogP contribution in [0.5, 0.6) is 11.5 Å². The van der Waals surface area contributed by atoms with Crippen molar-refractivity contribution in [2.24, 2.45) is 23.2 Å². The van der Waals surface area contributed by atoms with Crippen molar-refractivity contribution in [3.63, 3.8) is 0 Å². The van der Waals surface area contributed by atoms with Crippen LogP contribution in [0.15, 0.2) is 42.6 Å². The molecule has 0 saturated heterocycles. The molecule has 0 spiro atoms. The summed E-state index contributed by atoms with van der Waals surface area (Å²) in [6.45, 7) is 2.79. The first kappa shape index (κ1) is 25.0. The maximum absolute atomic E-state index is 13.5. The predicted octanol–water partition coefficient (Wildman–Crippen LogP) is 6.05. The van der Waals surface area contributed by atoms with Crippen molar-refractivity contribution in [1.29, 1.82) is 0 Å². The van der Waals surface area contributed by atoms with Crippen molar-refractivity contribution in [2.45, 2.75) is 64.7 Å². The quantitative estimate of drug-likeness (QED) is 0.277. The molecular weight excluding hydrogens is 478 g/mol. The number of nitrogens with zero attached hydrogens (tertiary/aromatic N) is 2. The van der Waals surface area contributed by atoms with E-state index in [1.807, 2.05) is 47.9 Å². The molecule has 3 aromatic rings. The number of nitrogens with one attached hydrogen (secondary N) is 1. The molecule has 2 aromatic heterocycles. The summed E-state index contributed by atoms with van der Waals surface area (Å²) in [6, 6.07) is 11.1. The highest BCUT2D eigenvalue weighted by atomic mass is 16.6. The SMILES string of the molecule is CCCCC(=O)Oc1c(OC)cccc1-c1cn2c(C(=O)NCC34CC5CC(CC(C5)C3)C4)cccc2n1. The van der Waals surface area contributed by atoms with Crippen molar-refractivity contribution in [3.8, 4) is 22.8 Å². The third-order valence-corrected chi connectivity index (χ3v) is 8.94. The number of hydrogen-bond donors (Lipinski definition) is 1. The minimum Gasteiger partial charge on any atom is -0.493 e. The molecule has 4 bridgehead atoms. The predicted molar refractivity (Wildman–Crippen MR) is 145 cm³/mol. The third-order valence-electron chi connectivity index (χ3n) is 8.94. The van der Waals surface area contributed by atoms with Crippen molar-refractivity contribution in [2.75, 3.05) is 13.7 Å². The first-order valence-electron chi connectivity index (χ1n) is 14.1. The van der Waals surface area contributed by atoms with Crippen LogP contribution in [0.1, 0.15) is 75.2 Å². The van der Waals surface area contributed by atoms with Crippen molar-refractivity contribution < 1.29 is 19.1 Å². The molecule has 0 radical (unpaired) electrons. The van der Waals surface area contributed by atoms with Gasteiger partial charge in [0.15, 0.2) is 11.5 Å². The number of carbonyl (C=O) groups excluding carboxylic acids is 2. The van der Waals surface area contributed by atoms with E-state index in [1.165, 1.54) is 38.5 Å². The van der Waals surface area contributed by atoms with Gasteiger partial charge >= 0.3 is 5.97 Å². The average molecular weight is 516 g/mol. The van der Waals surface area contributed by atoms with Crippen LogP contribution in [-0.4, -0.2) is 34.9 Å². The van der Waals surface area contributed by atoms with Gasteiger partial charge in [0.05, 0.1) is 12.8 Å². The first-order valence-corrected chi connectivity index (χ1v) is 14.1. The van der Waals surface area contributed by atoms with Crippen LogP contribution >= 0.6 is 0 Å². The van der Waals surface area contributed by atoms with Gasteiger partial charge in [-0.15, -0.1) is 0 Å². The second-order valence-electron chi connectivity index (χ2n) is 11.8. The Bertz CT molecular complexity index is 1330. The summed E-state index contributed by atoms with van der Waals surface area (Å²) in [7, 11) is 1.55. The molecule has 1 aromatic carbocycles. The molecule has 200 valence electrons. The largest absolute Gasteiger partial charge is 0.493 e. The Morgan fingerprint density at radius 1 is 1.05 bits per heavy atom. The molecule has 7 heteroatoms. The standard InChI is InChI=1S/C31H37N3O4/c1-3-4-11-28(35)38-29-23(7-5-9-26(29)37-2)24-18-34-25(8-6-10-27(34)33-24)30(36)32-19-31-15-20-12-21(16-31)14-22(13-20)17-31/h5-10,18,20-22H,3-4,11-17,19H2,1-2H3,(H,32,36). The number of benzene rings is 1. The van der Waals surface area contributed by atoms with E-state index in [2.05, 4.69) is 5.32 Å². The van der Waals surface area contributed by atoms with E-state index < -0.39 is 0 Å². The molecule has 4 aliphatic rings. The highest BCUT2D eigenvalue weighted by molar-refractivity contribution is 5.93. The number of fused-ring (bicyclic) bond motifs is 1. The molecule has 38 heavy (non-hydrogen) atoms. The fourth-order valence-corrected chi connectivity index (χ4v) is 7.66. The van der Waals surface area contributed by atoms with Crippen molar-refractivity contribution in [1.82, 2.24) is 14.7 Å². The molecule has 7 rings (SSSR count). The summed E-state index contributed by atoms with van der Waals surface area (Å²) in [4.78, 5) is 30.7. The molecule has 7 nitrogen and oxygen atoms in total. The number of ether oxygens (including phenoxy) is 2. The van der Waals surface area contributed by atoms with Crippen LogP contribution in [0.2, 0.25) is 0 Å². The summed E-state index contributed by atoms with van der Waals surface area (Å²) in [5.41, 5.74) is 2.75. The first-order chi connectivity index (χ1) is 18.5. The molecule has 1 amide bonds. The maximum Gasteiger partial charge on any atom is 0.311 e. The molecule has 4 aliphatic carbocycles. The van der Waals surface area contributed by atoms with Gasteiger partial charge in [0.25, 0.3) is 5.91 Å². The molecule has 2 heterocycles. The summed E-state index contributed by atoms with van der Waals surface area (Å²) in [6.07, 6.45) is 11.8. The van der Waals surface area contributed by atoms with Gasteiger partial charge in [-0.3, -0.25) is 14.0 Å². The summed E-state index contributed by atoms with van der Waals surface area (Å²) in [5.74, 6) is 3.01. The Morgan fingerprint density at radius 2 is 1.76 bits per heavy atom. The van der Waals surface area contributed by atoms with Crippen LogP contribution in [-0.2, 0) is 4.79 Å². The van der Waals surface area contributed by atoms with E-state index in [4.69, 9.17) is 14.5 Å². The summed E-state index contributed by atoms with van der Waals surface area (Å²) in [5, 5.41) is 3.30. The van der Waals surface area contributed by atoms with Gasteiger partial charge in [0.1, 0.15) is 11.3 Å². The van der Waals surface area contributed by atoms with Crippen molar-refractivity contribution in [3.05, 3.63) is 48.3 Å². The minimum absolute atomic E-state index is 0.0767. The summed E-state index contributed by atoms with van der Waals surface area (Å²) >= 11 is 0. The Balaban J connectivity index is 1.26. The van der Waals surface area contributed by atoms with Gasteiger partial charge in [0, 0.05) is 24.7 Å². The van der Waals surface area contributed by atoms with Crippen LogP contribution in [0.3, 0.4) is 0 Å². The molecule has 0 aliphatic heterocycles. The fourth-order valence-electron chi connectivity index (χ4n) is 7.66. The lowest BCUT2D eigenvalue weighted by molar-refractivity contribution is -0.134. The lowest BCUT2D eigenvalue weighted by atomic mass is 9.49. The maximum atomic E-state index is 13.5. The Labute approximate surface area is 223 Å². The van der Waals surface area contributed by atoms with E-state index in [1.54, 1.807) is 13.2 Å². The molecular formula is C31H37N3O4. The molecule has 0 atom stereocenters. The average Bonchev–Trinajstić information content (AvgIpc) is 3.34. The van der Waals surface area contributed by atoms with Crippen molar-refractivity contribution >= 4 is 17.5 Å². The number of aromatic nitrogens is 2. The molecule has 4 saturated carbocycles. The van der Waals surface area contributed by atoms with Crippen LogP contribution in [0.25, 0.3) is 16.9 Å². The number of methoxy groups -OCH3 is 1. The normalized spacial score (nSPS) is 25.5. The number of unbranched alkanes of at least 4 members (excludes halogenated alkanes) is 1. The van der Waals surface area contributed by atoms with E-state index in [9.17, 15) is 9.59 Å². The Kier molecular flexibility index (Phi) is 6.62. The number of pyridine rings is 1. The van der Waals surface area contributed by atoms with E-state index in [0.717, 1.165) is 37.1 Å². The fraction of sp³-hybridized carbons (Fsp3) is 0.516. The monoisotopic (exact) mass is 515 g/mol. The lowest BCUT2D eigenvalue weighted by Gasteiger charge is -2.56. The number of para-hydroxylation sites is 1. The number of rotatable bonds is 9. The number of hydrogen-bond acceptors (Lipinski definition) is 5. The Morgan fingerprint density at radius 3 is 2.45 bits per heavy atom. The van der Waals surface area contributed by atoms with Gasteiger partial charge in [-0.2, -0.15) is 0 Å². The van der Waals surface area contributed by atoms with E-state index >= 15 is 0 Å². The van der Waals surface area contributed by atoms with E-state index in [-0.39, 0.29) is 17.3 Å². The van der Waals surface area contributed by atoms with Gasteiger partial charge < -0.3 is 14.8 Å². The third kappa shape index (κ3) is 4.67. The topological polar surface area (TPSA) is 81.9 Å².